The predicted molar refractivity (Wildman–Crippen MR) is 94.5 cm³/mol. The Labute approximate surface area is 145 Å². The van der Waals surface area contributed by atoms with Crippen molar-refractivity contribution in [1.82, 2.24) is 0 Å². The second-order valence-electron chi connectivity index (χ2n) is 8.24. The van der Waals surface area contributed by atoms with Crippen LogP contribution in [0.1, 0.15) is 57.9 Å². The van der Waals surface area contributed by atoms with Crippen molar-refractivity contribution < 1.29 is 13.9 Å². The van der Waals surface area contributed by atoms with Gasteiger partial charge >= 0.3 is 5.97 Å². The minimum Gasteiger partial charge on any atom is -0.472 e. The maximum absolute atomic E-state index is 12.6. The van der Waals surface area contributed by atoms with Gasteiger partial charge in [0.25, 0.3) is 0 Å². The number of carbonyl (C=O) groups is 1. The number of fused-ring (bicyclic) bond motifs is 1. The van der Waals surface area contributed by atoms with E-state index in [4.69, 9.17) is 9.15 Å². The van der Waals surface area contributed by atoms with E-state index >= 15 is 0 Å². The first-order valence-electron chi connectivity index (χ1n) is 9.19. The second kappa shape index (κ2) is 6.42. The Morgan fingerprint density at radius 3 is 2.88 bits per heavy atom. The van der Waals surface area contributed by atoms with E-state index in [1.807, 2.05) is 12.3 Å². The summed E-state index contributed by atoms with van der Waals surface area (Å²) < 4.78 is 10.4. The Hall–Kier alpha value is -1.51. The molecule has 3 rings (SSSR count). The van der Waals surface area contributed by atoms with Crippen LogP contribution in [0.5, 0.6) is 0 Å². The molecule has 132 valence electrons. The van der Waals surface area contributed by atoms with Crippen molar-refractivity contribution in [3.63, 3.8) is 0 Å². The molecule has 1 aromatic heterocycles. The van der Waals surface area contributed by atoms with E-state index in [0.29, 0.717) is 11.8 Å². The van der Waals surface area contributed by atoms with Crippen LogP contribution in [0.2, 0.25) is 0 Å². The Morgan fingerprint density at radius 1 is 1.42 bits per heavy atom. The number of furan rings is 1. The van der Waals surface area contributed by atoms with E-state index in [1.165, 1.54) is 24.7 Å². The zero-order chi connectivity index (χ0) is 17.4. The lowest BCUT2D eigenvalue weighted by atomic mass is 9.46. The Bertz CT molecular complexity index is 603. The monoisotopic (exact) mass is 330 g/mol. The molecule has 24 heavy (non-hydrogen) atoms. The SMILES string of the molecule is C=C1CC[C@@H]2[C@](C)(CCC[C@]2(C)C(=O)OC)[C@H]1CCc1ccoc1. The number of allylic oxidation sites excluding steroid dienone is 1. The molecule has 3 nitrogen and oxygen atoms in total. The summed E-state index contributed by atoms with van der Waals surface area (Å²) in [5.41, 5.74) is 2.41. The van der Waals surface area contributed by atoms with Gasteiger partial charge in [0.1, 0.15) is 0 Å². The number of methoxy groups -OCH3 is 1. The molecule has 2 aliphatic rings. The summed E-state index contributed by atoms with van der Waals surface area (Å²) in [5.74, 6) is 0.820. The molecule has 3 heteroatoms. The molecule has 4 atom stereocenters. The van der Waals surface area contributed by atoms with Gasteiger partial charge in [-0.2, -0.15) is 0 Å². The van der Waals surface area contributed by atoms with Gasteiger partial charge in [0, 0.05) is 0 Å². The normalized spacial score (nSPS) is 36.2. The summed E-state index contributed by atoms with van der Waals surface area (Å²) in [4.78, 5) is 12.6. The minimum absolute atomic E-state index is 0.0282. The molecule has 0 radical (unpaired) electrons. The average molecular weight is 330 g/mol. The highest BCUT2D eigenvalue weighted by Gasteiger charge is 2.57. The fourth-order valence-corrected chi connectivity index (χ4v) is 5.71. The number of hydrogen-bond acceptors (Lipinski definition) is 3. The van der Waals surface area contributed by atoms with Crippen molar-refractivity contribution >= 4 is 5.97 Å². The van der Waals surface area contributed by atoms with E-state index in [1.54, 1.807) is 6.26 Å². The quantitative estimate of drug-likeness (QED) is 0.565. The largest absolute Gasteiger partial charge is 0.472 e. The van der Waals surface area contributed by atoms with E-state index in [9.17, 15) is 4.79 Å². The topological polar surface area (TPSA) is 39.4 Å². The molecular weight excluding hydrogens is 300 g/mol. The molecule has 0 unspecified atom stereocenters. The van der Waals surface area contributed by atoms with Gasteiger partial charge in [-0.3, -0.25) is 4.79 Å². The Balaban J connectivity index is 1.86. The van der Waals surface area contributed by atoms with Gasteiger partial charge in [-0.15, -0.1) is 0 Å². The molecule has 2 saturated carbocycles. The minimum atomic E-state index is -0.351. The highest BCUT2D eigenvalue weighted by atomic mass is 16.5. The predicted octanol–water partition coefficient (Wildman–Crippen LogP) is 5.16. The molecule has 0 aliphatic heterocycles. The molecule has 0 spiro atoms. The van der Waals surface area contributed by atoms with Crippen molar-refractivity contribution in [2.24, 2.45) is 22.7 Å². The van der Waals surface area contributed by atoms with Gasteiger partial charge in [0.05, 0.1) is 25.1 Å². The summed E-state index contributed by atoms with van der Waals surface area (Å²) in [6.07, 6.45) is 11.0. The van der Waals surface area contributed by atoms with Crippen molar-refractivity contribution in [2.45, 2.75) is 58.8 Å². The maximum atomic E-state index is 12.6. The first-order valence-corrected chi connectivity index (χ1v) is 9.19. The van der Waals surface area contributed by atoms with E-state index in [2.05, 4.69) is 20.4 Å². The van der Waals surface area contributed by atoms with Crippen LogP contribution in [0, 0.1) is 22.7 Å². The molecular formula is C21H30O3. The lowest BCUT2D eigenvalue weighted by molar-refractivity contribution is -0.168. The fraction of sp³-hybridized carbons (Fsp3) is 0.667. The van der Waals surface area contributed by atoms with Gasteiger partial charge in [0.2, 0.25) is 0 Å². The first kappa shape index (κ1) is 17.3. The first-order chi connectivity index (χ1) is 11.4. The number of esters is 1. The van der Waals surface area contributed by atoms with E-state index in [0.717, 1.165) is 38.5 Å². The summed E-state index contributed by atoms with van der Waals surface area (Å²) in [6, 6.07) is 2.05. The molecule has 2 fully saturated rings. The highest BCUT2D eigenvalue weighted by molar-refractivity contribution is 5.77. The molecule has 1 heterocycles. The second-order valence-corrected chi connectivity index (χ2v) is 8.24. The van der Waals surface area contributed by atoms with Crippen LogP contribution in [0.3, 0.4) is 0 Å². The summed E-state index contributed by atoms with van der Waals surface area (Å²) in [5, 5.41) is 0. The molecule has 1 aromatic rings. The van der Waals surface area contributed by atoms with Crippen LogP contribution in [0.4, 0.5) is 0 Å². The van der Waals surface area contributed by atoms with E-state index < -0.39 is 0 Å². The summed E-state index contributed by atoms with van der Waals surface area (Å²) in [6.45, 7) is 8.92. The van der Waals surface area contributed by atoms with Crippen LogP contribution in [0.25, 0.3) is 0 Å². The van der Waals surface area contributed by atoms with Crippen LogP contribution in [-0.2, 0) is 16.0 Å². The molecule has 0 amide bonds. The van der Waals surface area contributed by atoms with Gasteiger partial charge in [-0.25, -0.2) is 0 Å². The van der Waals surface area contributed by atoms with Crippen LogP contribution < -0.4 is 0 Å². The molecule has 2 aliphatic carbocycles. The standard InChI is InChI=1S/C21H30O3/c1-15-6-9-18-20(2,11-5-12-21(18,3)19(22)23-4)17(15)8-7-16-10-13-24-14-16/h10,13-14,17-18H,1,5-9,11-12H2,2-4H3/t17-,18+,20+,21-/m0/s1. The van der Waals surface area contributed by atoms with Gasteiger partial charge < -0.3 is 9.15 Å². The number of rotatable bonds is 4. The lowest BCUT2D eigenvalue weighted by Gasteiger charge is -2.57. The number of aryl methyl sites for hydroxylation is 1. The van der Waals surface area contributed by atoms with Crippen molar-refractivity contribution in [2.75, 3.05) is 7.11 Å². The van der Waals surface area contributed by atoms with Gasteiger partial charge in [-0.05, 0) is 74.3 Å². The van der Waals surface area contributed by atoms with Crippen molar-refractivity contribution in [1.29, 1.82) is 0 Å². The highest BCUT2D eigenvalue weighted by Crippen LogP contribution is 2.62. The third-order valence-electron chi connectivity index (χ3n) is 6.97. The molecule has 0 aromatic carbocycles. The van der Waals surface area contributed by atoms with Gasteiger partial charge in [-0.1, -0.05) is 25.5 Å². The van der Waals surface area contributed by atoms with Crippen LogP contribution >= 0.6 is 0 Å². The van der Waals surface area contributed by atoms with Crippen molar-refractivity contribution in [3.05, 3.63) is 36.3 Å². The summed E-state index contributed by atoms with van der Waals surface area (Å²) >= 11 is 0. The molecule has 0 saturated heterocycles. The fourth-order valence-electron chi connectivity index (χ4n) is 5.71. The Morgan fingerprint density at radius 2 is 2.21 bits per heavy atom. The van der Waals surface area contributed by atoms with Crippen LogP contribution in [0.15, 0.2) is 35.2 Å². The Kier molecular flexibility index (Phi) is 4.63. The maximum Gasteiger partial charge on any atom is 0.311 e. The third-order valence-corrected chi connectivity index (χ3v) is 6.97. The number of carbonyl (C=O) groups excluding carboxylic acids is 1. The van der Waals surface area contributed by atoms with E-state index in [-0.39, 0.29) is 16.8 Å². The average Bonchev–Trinajstić information content (AvgIpc) is 3.06. The van der Waals surface area contributed by atoms with Crippen LogP contribution in [-0.4, -0.2) is 13.1 Å². The lowest BCUT2D eigenvalue weighted by Crippen LogP contribution is -2.53. The molecule has 0 bridgehead atoms. The zero-order valence-corrected chi connectivity index (χ0v) is 15.3. The smallest absolute Gasteiger partial charge is 0.311 e. The molecule has 0 N–H and O–H groups in total. The zero-order valence-electron chi connectivity index (χ0n) is 15.3. The third kappa shape index (κ3) is 2.72. The van der Waals surface area contributed by atoms with Gasteiger partial charge in [0.15, 0.2) is 0 Å². The number of ether oxygens (including phenoxy) is 1. The summed E-state index contributed by atoms with van der Waals surface area (Å²) in [7, 11) is 1.53. The number of hydrogen-bond donors (Lipinski definition) is 0. The van der Waals surface area contributed by atoms with Crippen molar-refractivity contribution in [3.8, 4) is 0 Å².